The minimum Gasteiger partial charge on any atom is -0.497 e. The van der Waals surface area contributed by atoms with Crippen LogP contribution < -0.4 is 9.47 Å². The zero-order valence-electron chi connectivity index (χ0n) is 15.4. The number of hydrogen-bond donors (Lipinski definition) is 0. The lowest BCUT2D eigenvalue weighted by Gasteiger charge is -2.38. The molecule has 28 heavy (non-hydrogen) atoms. The molecular formula is C23H19ClN2O2. The van der Waals surface area contributed by atoms with Crippen LogP contribution in [0.3, 0.4) is 0 Å². The SMILES string of the molecule is COc1cccc(C2=NN3C(C2)c2ccccc2OC3c2ccc(Cl)cc2)c1. The Morgan fingerprint density at radius 2 is 1.86 bits per heavy atom. The second-order valence-corrected chi connectivity index (χ2v) is 7.37. The first-order chi connectivity index (χ1) is 13.7. The Balaban J connectivity index is 1.58. The van der Waals surface area contributed by atoms with Gasteiger partial charge in [0.1, 0.15) is 11.5 Å². The monoisotopic (exact) mass is 390 g/mol. The van der Waals surface area contributed by atoms with Crippen LogP contribution >= 0.6 is 11.6 Å². The summed E-state index contributed by atoms with van der Waals surface area (Å²) in [4.78, 5) is 0. The first kappa shape index (κ1) is 17.1. The smallest absolute Gasteiger partial charge is 0.213 e. The van der Waals surface area contributed by atoms with Gasteiger partial charge in [-0.15, -0.1) is 0 Å². The summed E-state index contributed by atoms with van der Waals surface area (Å²) in [6.07, 6.45) is 0.526. The Bertz CT molecular complexity index is 1050. The largest absolute Gasteiger partial charge is 0.497 e. The molecule has 0 fully saturated rings. The van der Waals surface area contributed by atoms with Crippen molar-refractivity contribution in [3.63, 3.8) is 0 Å². The Labute approximate surface area is 169 Å². The highest BCUT2D eigenvalue weighted by molar-refractivity contribution is 6.30. The van der Waals surface area contributed by atoms with Crippen LogP contribution in [-0.2, 0) is 0 Å². The molecule has 5 heteroatoms. The highest BCUT2D eigenvalue weighted by Crippen LogP contribution is 2.47. The molecule has 0 amide bonds. The number of nitrogens with zero attached hydrogens (tertiary/aromatic N) is 2. The number of hydrazone groups is 1. The summed E-state index contributed by atoms with van der Waals surface area (Å²) in [5.41, 5.74) is 4.29. The highest BCUT2D eigenvalue weighted by Gasteiger charge is 2.40. The minimum absolute atomic E-state index is 0.131. The molecule has 4 nitrogen and oxygen atoms in total. The van der Waals surface area contributed by atoms with Gasteiger partial charge in [0.05, 0.1) is 18.9 Å². The zero-order chi connectivity index (χ0) is 19.1. The highest BCUT2D eigenvalue weighted by atomic mass is 35.5. The van der Waals surface area contributed by atoms with E-state index in [1.807, 2.05) is 60.7 Å². The Hall–Kier alpha value is -2.98. The number of ether oxygens (including phenoxy) is 2. The first-order valence-corrected chi connectivity index (χ1v) is 9.62. The first-order valence-electron chi connectivity index (χ1n) is 9.24. The quantitative estimate of drug-likeness (QED) is 0.584. The van der Waals surface area contributed by atoms with Crippen LogP contribution in [0.1, 0.15) is 35.4 Å². The van der Waals surface area contributed by atoms with Crippen molar-refractivity contribution >= 4 is 17.3 Å². The van der Waals surface area contributed by atoms with Gasteiger partial charge < -0.3 is 9.47 Å². The van der Waals surface area contributed by atoms with Gasteiger partial charge in [0, 0.05) is 28.1 Å². The van der Waals surface area contributed by atoms with Crippen molar-refractivity contribution in [3.05, 3.63) is 94.5 Å². The Morgan fingerprint density at radius 1 is 1.04 bits per heavy atom. The van der Waals surface area contributed by atoms with Gasteiger partial charge in [0.15, 0.2) is 0 Å². The number of methoxy groups -OCH3 is 1. The lowest BCUT2D eigenvalue weighted by molar-refractivity contribution is -0.0190. The average Bonchev–Trinajstić information content (AvgIpc) is 3.20. The summed E-state index contributed by atoms with van der Waals surface area (Å²) < 4.78 is 11.7. The molecule has 0 saturated carbocycles. The fourth-order valence-electron chi connectivity index (χ4n) is 3.86. The van der Waals surface area contributed by atoms with Crippen molar-refractivity contribution in [3.8, 4) is 11.5 Å². The van der Waals surface area contributed by atoms with E-state index in [0.29, 0.717) is 5.02 Å². The van der Waals surface area contributed by atoms with E-state index in [0.717, 1.165) is 40.3 Å². The third-order valence-electron chi connectivity index (χ3n) is 5.26. The maximum absolute atomic E-state index is 6.35. The zero-order valence-corrected chi connectivity index (χ0v) is 16.1. The lowest BCUT2D eigenvalue weighted by atomic mass is 9.96. The molecule has 140 valence electrons. The van der Waals surface area contributed by atoms with Gasteiger partial charge >= 0.3 is 0 Å². The standard InChI is InChI=1S/C23H19ClN2O2/c1-27-18-6-4-5-16(13-18)20-14-21-19-7-2-3-8-22(19)28-23(26(21)25-20)15-9-11-17(24)12-10-15/h2-13,21,23H,14H2,1H3. The second kappa shape index (κ2) is 6.88. The molecule has 2 heterocycles. The maximum Gasteiger partial charge on any atom is 0.213 e. The predicted octanol–water partition coefficient (Wildman–Crippen LogP) is 5.59. The van der Waals surface area contributed by atoms with E-state index >= 15 is 0 Å². The van der Waals surface area contributed by atoms with Gasteiger partial charge in [-0.2, -0.15) is 5.10 Å². The molecule has 5 rings (SSSR count). The molecule has 0 spiro atoms. The van der Waals surface area contributed by atoms with Crippen LogP contribution in [-0.4, -0.2) is 17.8 Å². The summed E-state index contributed by atoms with van der Waals surface area (Å²) in [5, 5.41) is 7.75. The maximum atomic E-state index is 6.35. The van der Waals surface area contributed by atoms with Gasteiger partial charge in [-0.25, -0.2) is 5.01 Å². The molecule has 0 saturated heterocycles. The topological polar surface area (TPSA) is 34.1 Å². The van der Waals surface area contributed by atoms with Crippen molar-refractivity contribution < 1.29 is 9.47 Å². The fraction of sp³-hybridized carbons (Fsp3) is 0.174. The third kappa shape index (κ3) is 2.90. The average molecular weight is 391 g/mol. The molecule has 2 atom stereocenters. The van der Waals surface area contributed by atoms with Gasteiger partial charge in [0.25, 0.3) is 0 Å². The number of rotatable bonds is 3. The van der Waals surface area contributed by atoms with Gasteiger partial charge in [-0.1, -0.05) is 54.1 Å². The molecule has 2 aliphatic heterocycles. The van der Waals surface area contributed by atoms with Crippen LogP contribution in [0.2, 0.25) is 5.02 Å². The van der Waals surface area contributed by atoms with Crippen LogP contribution in [0.25, 0.3) is 0 Å². The van der Waals surface area contributed by atoms with E-state index in [2.05, 4.69) is 17.1 Å². The van der Waals surface area contributed by atoms with E-state index in [1.54, 1.807) is 7.11 Å². The van der Waals surface area contributed by atoms with Crippen molar-refractivity contribution in [2.75, 3.05) is 7.11 Å². The molecule has 0 radical (unpaired) electrons. The molecule has 3 aromatic carbocycles. The van der Waals surface area contributed by atoms with Crippen molar-refractivity contribution in [1.82, 2.24) is 5.01 Å². The lowest BCUT2D eigenvalue weighted by Crippen LogP contribution is -2.33. The number of hydrogen-bond acceptors (Lipinski definition) is 4. The Kier molecular flexibility index (Phi) is 4.21. The molecule has 2 aliphatic rings. The van der Waals surface area contributed by atoms with E-state index in [4.69, 9.17) is 26.2 Å². The van der Waals surface area contributed by atoms with Gasteiger partial charge in [0.2, 0.25) is 6.23 Å². The van der Waals surface area contributed by atoms with Crippen molar-refractivity contribution in [2.24, 2.45) is 5.10 Å². The van der Waals surface area contributed by atoms with E-state index < -0.39 is 0 Å². The number of halogens is 1. The summed E-state index contributed by atoms with van der Waals surface area (Å²) in [7, 11) is 1.68. The van der Waals surface area contributed by atoms with E-state index in [-0.39, 0.29) is 12.3 Å². The van der Waals surface area contributed by atoms with Gasteiger partial charge in [-0.3, -0.25) is 0 Å². The van der Waals surface area contributed by atoms with E-state index in [1.165, 1.54) is 0 Å². The third-order valence-corrected chi connectivity index (χ3v) is 5.51. The summed E-state index contributed by atoms with van der Waals surface area (Å²) in [6.45, 7) is 0. The van der Waals surface area contributed by atoms with Crippen molar-refractivity contribution in [2.45, 2.75) is 18.7 Å². The van der Waals surface area contributed by atoms with Crippen LogP contribution in [0.5, 0.6) is 11.5 Å². The minimum atomic E-state index is -0.291. The number of fused-ring (bicyclic) bond motifs is 3. The fourth-order valence-corrected chi connectivity index (χ4v) is 3.98. The molecule has 0 bridgehead atoms. The molecule has 0 aromatic heterocycles. The number of para-hydroxylation sites is 1. The van der Waals surface area contributed by atoms with Crippen molar-refractivity contribution in [1.29, 1.82) is 0 Å². The molecular weight excluding hydrogens is 372 g/mol. The van der Waals surface area contributed by atoms with Crippen LogP contribution in [0.4, 0.5) is 0 Å². The Morgan fingerprint density at radius 3 is 2.68 bits per heavy atom. The van der Waals surface area contributed by atoms with Crippen LogP contribution in [0, 0.1) is 0 Å². The summed E-state index contributed by atoms with van der Waals surface area (Å²) >= 11 is 6.08. The van der Waals surface area contributed by atoms with Gasteiger partial charge in [-0.05, 0) is 30.3 Å². The molecule has 3 aromatic rings. The normalized spacial score (nSPS) is 20.1. The summed E-state index contributed by atoms with van der Waals surface area (Å²) in [6, 6.07) is 24.1. The predicted molar refractivity (Wildman–Crippen MR) is 110 cm³/mol. The molecule has 0 N–H and O–H groups in total. The molecule has 2 unspecified atom stereocenters. The van der Waals surface area contributed by atoms with Crippen LogP contribution in [0.15, 0.2) is 77.9 Å². The van der Waals surface area contributed by atoms with E-state index in [9.17, 15) is 0 Å². The second-order valence-electron chi connectivity index (χ2n) is 6.94. The number of benzene rings is 3. The summed E-state index contributed by atoms with van der Waals surface area (Å²) in [5.74, 6) is 1.74. The molecule has 0 aliphatic carbocycles.